The van der Waals surface area contributed by atoms with Crippen LogP contribution in [-0.2, 0) is 0 Å². The van der Waals surface area contributed by atoms with Crippen molar-refractivity contribution in [3.63, 3.8) is 0 Å². The summed E-state index contributed by atoms with van der Waals surface area (Å²) in [5.41, 5.74) is 4.17. The zero-order valence-corrected chi connectivity index (χ0v) is 8.57. The van der Waals surface area contributed by atoms with Gasteiger partial charge in [0.05, 0.1) is 5.69 Å². The van der Waals surface area contributed by atoms with Gasteiger partial charge in [0.1, 0.15) is 0 Å². The molecule has 4 nitrogen and oxygen atoms in total. The molecule has 0 radical (unpaired) electrons. The summed E-state index contributed by atoms with van der Waals surface area (Å²) >= 11 is 5.79. The van der Waals surface area contributed by atoms with E-state index >= 15 is 0 Å². The summed E-state index contributed by atoms with van der Waals surface area (Å²) in [7, 11) is 0. The maximum atomic E-state index is 5.79. The van der Waals surface area contributed by atoms with Gasteiger partial charge in [0.15, 0.2) is 0 Å². The molecule has 1 heterocycles. The van der Waals surface area contributed by atoms with Gasteiger partial charge in [-0.2, -0.15) is 0 Å². The Hall–Kier alpha value is -1.65. The summed E-state index contributed by atoms with van der Waals surface area (Å²) in [5.74, 6) is 5.62. The first-order valence-electron chi connectivity index (χ1n) is 4.35. The maximum Gasteiger partial charge on any atom is 0.237 e. The third-order valence-corrected chi connectivity index (χ3v) is 2.18. The Balaban J connectivity index is 2.40. The van der Waals surface area contributed by atoms with E-state index in [0.717, 1.165) is 11.3 Å². The summed E-state index contributed by atoms with van der Waals surface area (Å²) in [5, 5.41) is 0.699. The largest absolute Gasteiger partial charge is 0.292 e. The van der Waals surface area contributed by atoms with Crippen LogP contribution in [0.2, 0.25) is 5.02 Å². The molecule has 0 bridgehead atoms. The van der Waals surface area contributed by atoms with E-state index in [1.54, 1.807) is 6.20 Å². The number of halogens is 1. The number of nitrogens with zero attached hydrogens (tertiary/aromatic N) is 2. The van der Waals surface area contributed by atoms with E-state index in [9.17, 15) is 0 Å². The molecule has 0 aliphatic carbocycles. The molecule has 2 aromatic rings. The molecule has 15 heavy (non-hydrogen) atoms. The predicted molar refractivity (Wildman–Crippen MR) is 60.3 cm³/mol. The van der Waals surface area contributed by atoms with E-state index < -0.39 is 0 Å². The topological polar surface area (TPSA) is 63.8 Å². The van der Waals surface area contributed by atoms with Gasteiger partial charge in [0.2, 0.25) is 5.95 Å². The van der Waals surface area contributed by atoms with Crippen LogP contribution in [0.15, 0.2) is 36.5 Å². The van der Waals surface area contributed by atoms with Crippen molar-refractivity contribution >= 4 is 17.5 Å². The average Bonchev–Trinajstić information content (AvgIpc) is 2.30. The Morgan fingerprint density at radius 2 is 1.87 bits per heavy atom. The molecule has 0 atom stereocenters. The van der Waals surface area contributed by atoms with Crippen molar-refractivity contribution in [3.05, 3.63) is 41.6 Å². The molecule has 0 aliphatic rings. The Bertz CT molecular complexity index is 455. The van der Waals surface area contributed by atoms with Gasteiger partial charge in [0, 0.05) is 16.8 Å². The molecule has 5 heteroatoms. The fraction of sp³-hybridized carbons (Fsp3) is 0. The van der Waals surface area contributed by atoms with Crippen molar-refractivity contribution in [1.29, 1.82) is 0 Å². The maximum absolute atomic E-state index is 5.79. The molecule has 0 amide bonds. The lowest BCUT2D eigenvalue weighted by atomic mass is 10.1. The summed E-state index contributed by atoms with van der Waals surface area (Å²) < 4.78 is 0. The van der Waals surface area contributed by atoms with Crippen LogP contribution in [0.1, 0.15) is 0 Å². The number of nitrogens with two attached hydrogens (primary N) is 1. The van der Waals surface area contributed by atoms with Crippen LogP contribution < -0.4 is 11.3 Å². The van der Waals surface area contributed by atoms with Crippen molar-refractivity contribution in [1.82, 2.24) is 9.97 Å². The highest BCUT2D eigenvalue weighted by Gasteiger charge is 2.00. The fourth-order valence-corrected chi connectivity index (χ4v) is 1.34. The van der Waals surface area contributed by atoms with Gasteiger partial charge in [0.25, 0.3) is 0 Å². The molecule has 2 rings (SSSR count). The number of hydrazine groups is 1. The molecule has 0 spiro atoms. The van der Waals surface area contributed by atoms with E-state index in [1.165, 1.54) is 0 Å². The van der Waals surface area contributed by atoms with Gasteiger partial charge < -0.3 is 0 Å². The molecule has 1 aromatic carbocycles. The number of hydrogen-bond acceptors (Lipinski definition) is 4. The van der Waals surface area contributed by atoms with Crippen molar-refractivity contribution in [3.8, 4) is 11.3 Å². The summed E-state index contributed by atoms with van der Waals surface area (Å²) in [6.45, 7) is 0. The Labute approximate surface area is 92.1 Å². The molecule has 1 aromatic heterocycles. The first-order chi connectivity index (χ1) is 7.29. The highest BCUT2D eigenvalue weighted by molar-refractivity contribution is 6.30. The highest BCUT2D eigenvalue weighted by atomic mass is 35.5. The Kier molecular flexibility index (Phi) is 2.80. The summed E-state index contributed by atoms with van der Waals surface area (Å²) in [6.07, 6.45) is 1.64. The molecule has 3 N–H and O–H groups in total. The van der Waals surface area contributed by atoms with E-state index in [0.29, 0.717) is 11.0 Å². The van der Waals surface area contributed by atoms with Crippen molar-refractivity contribution < 1.29 is 0 Å². The van der Waals surface area contributed by atoms with Crippen molar-refractivity contribution in [2.75, 3.05) is 5.43 Å². The number of benzene rings is 1. The fourth-order valence-electron chi connectivity index (χ4n) is 1.21. The lowest BCUT2D eigenvalue weighted by molar-refractivity contribution is 1.12. The minimum absolute atomic E-state index is 0.391. The zero-order valence-electron chi connectivity index (χ0n) is 7.81. The number of hydrogen-bond donors (Lipinski definition) is 2. The van der Waals surface area contributed by atoms with Gasteiger partial charge in [-0.15, -0.1) is 0 Å². The molecule has 76 valence electrons. The van der Waals surface area contributed by atoms with Gasteiger partial charge in [-0.3, -0.25) is 5.43 Å². The first-order valence-corrected chi connectivity index (χ1v) is 4.73. The molecule has 0 saturated heterocycles. The number of anilines is 1. The van der Waals surface area contributed by atoms with Crippen molar-refractivity contribution in [2.24, 2.45) is 5.84 Å². The normalized spacial score (nSPS) is 10.0. The SMILES string of the molecule is NNc1nccc(-c2ccc(Cl)cc2)n1. The first kappa shape index (κ1) is 9.89. The molecular weight excluding hydrogens is 212 g/mol. The van der Waals surface area contributed by atoms with Crippen molar-refractivity contribution in [2.45, 2.75) is 0 Å². The van der Waals surface area contributed by atoms with Crippen LogP contribution in [0.25, 0.3) is 11.3 Å². The zero-order chi connectivity index (χ0) is 10.7. The lowest BCUT2D eigenvalue weighted by Gasteiger charge is -2.02. The third-order valence-electron chi connectivity index (χ3n) is 1.92. The van der Waals surface area contributed by atoms with Crippen LogP contribution in [-0.4, -0.2) is 9.97 Å². The van der Waals surface area contributed by atoms with Gasteiger partial charge in [-0.05, 0) is 18.2 Å². The number of nitrogen functional groups attached to an aromatic ring is 1. The van der Waals surface area contributed by atoms with E-state index in [2.05, 4.69) is 15.4 Å². The van der Waals surface area contributed by atoms with Gasteiger partial charge in [-0.25, -0.2) is 15.8 Å². The van der Waals surface area contributed by atoms with Gasteiger partial charge in [-0.1, -0.05) is 23.7 Å². The van der Waals surface area contributed by atoms with Crippen LogP contribution in [0.4, 0.5) is 5.95 Å². The smallest absolute Gasteiger partial charge is 0.237 e. The Morgan fingerprint density at radius 1 is 1.13 bits per heavy atom. The second-order valence-electron chi connectivity index (χ2n) is 2.92. The monoisotopic (exact) mass is 220 g/mol. The lowest BCUT2D eigenvalue weighted by Crippen LogP contribution is -2.10. The molecule has 0 aliphatic heterocycles. The molecule has 0 unspecified atom stereocenters. The predicted octanol–water partition coefficient (Wildman–Crippen LogP) is 2.08. The van der Waals surface area contributed by atoms with E-state index in [4.69, 9.17) is 17.4 Å². The number of rotatable bonds is 2. The second kappa shape index (κ2) is 4.25. The molecule has 0 saturated carbocycles. The Morgan fingerprint density at radius 3 is 2.53 bits per heavy atom. The minimum Gasteiger partial charge on any atom is -0.292 e. The number of nitrogens with one attached hydrogen (secondary N) is 1. The quantitative estimate of drug-likeness (QED) is 0.601. The highest BCUT2D eigenvalue weighted by Crippen LogP contribution is 2.19. The van der Waals surface area contributed by atoms with E-state index in [-0.39, 0.29) is 0 Å². The van der Waals surface area contributed by atoms with E-state index in [1.807, 2.05) is 30.3 Å². The van der Waals surface area contributed by atoms with Gasteiger partial charge >= 0.3 is 0 Å². The third kappa shape index (κ3) is 2.23. The molecular formula is C10H9ClN4. The summed E-state index contributed by atoms with van der Waals surface area (Å²) in [4.78, 5) is 8.13. The standard InChI is InChI=1S/C10H9ClN4/c11-8-3-1-7(2-4-8)9-5-6-13-10(14-9)15-12/h1-6H,12H2,(H,13,14,15). The van der Waals surface area contributed by atoms with Crippen LogP contribution in [0, 0.1) is 0 Å². The number of aromatic nitrogens is 2. The second-order valence-corrected chi connectivity index (χ2v) is 3.35. The van der Waals surface area contributed by atoms with Crippen LogP contribution >= 0.6 is 11.6 Å². The summed E-state index contributed by atoms with van der Waals surface area (Å²) in [6, 6.07) is 9.23. The molecule has 0 fully saturated rings. The van der Waals surface area contributed by atoms with Crippen LogP contribution in [0.5, 0.6) is 0 Å². The average molecular weight is 221 g/mol. The minimum atomic E-state index is 0.391. The van der Waals surface area contributed by atoms with Crippen LogP contribution in [0.3, 0.4) is 0 Å².